The van der Waals surface area contributed by atoms with Crippen LogP contribution in [0.2, 0.25) is 0 Å². The van der Waals surface area contributed by atoms with Crippen LogP contribution >= 0.6 is 0 Å². The first kappa shape index (κ1) is 13.1. The van der Waals surface area contributed by atoms with Crippen molar-refractivity contribution in [2.45, 2.75) is 32.7 Å². The first-order chi connectivity index (χ1) is 8.47. The molecule has 1 fully saturated rings. The third kappa shape index (κ3) is 3.13. The van der Waals surface area contributed by atoms with Crippen molar-refractivity contribution in [2.24, 2.45) is 5.92 Å². The third-order valence-electron chi connectivity index (χ3n) is 3.30. The summed E-state index contributed by atoms with van der Waals surface area (Å²) >= 11 is 0. The zero-order chi connectivity index (χ0) is 13.2. The molecular formula is C14H22N2O2. The Morgan fingerprint density at radius 2 is 2.33 bits per heavy atom. The lowest BCUT2D eigenvalue weighted by molar-refractivity contribution is 0.0945. The van der Waals surface area contributed by atoms with Crippen LogP contribution in [0.25, 0.3) is 0 Å². The highest BCUT2D eigenvalue weighted by molar-refractivity contribution is 5.94. The molecule has 1 amide bonds. The molecule has 0 radical (unpaired) electrons. The summed E-state index contributed by atoms with van der Waals surface area (Å²) in [5.74, 6) is 0.476. The Kier molecular flexibility index (Phi) is 3.76. The van der Waals surface area contributed by atoms with Gasteiger partial charge in [-0.2, -0.15) is 0 Å². The largest absolute Gasteiger partial charge is 0.381 e. The van der Waals surface area contributed by atoms with E-state index in [-0.39, 0.29) is 11.4 Å². The molecule has 4 heteroatoms. The number of nitrogens with one attached hydrogen (secondary N) is 1. The van der Waals surface area contributed by atoms with Gasteiger partial charge in [0.15, 0.2) is 0 Å². The maximum Gasteiger partial charge on any atom is 0.252 e. The smallest absolute Gasteiger partial charge is 0.252 e. The second-order valence-electron chi connectivity index (χ2n) is 5.92. The van der Waals surface area contributed by atoms with Crippen molar-refractivity contribution >= 4 is 5.91 Å². The average Bonchev–Trinajstić information content (AvgIpc) is 2.96. The minimum Gasteiger partial charge on any atom is -0.381 e. The Balaban J connectivity index is 1.90. The van der Waals surface area contributed by atoms with Gasteiger partial charge in [-0.05, 0) is 33.3 Å². The van der Waals surface area contributed by atoms with E-state index in [2.05, 4.69) is 30.7 Å². The molecule has 4 nitrogen and oxygen atoms in total. The first-order valence-corrected chi connectivity index (χ1v) is 6.51. The van der Waals surface area contributed by atoms with Gasteiger partial charge in [-0.15, -0.1) is 0 Å². The number of aromatic nitrogens is 1. The van der Waals surface area contributed by atoms with E-state index in [0.29, 0.717) is 12.5 Å². The zero-order valence-corrected chi connectivity index (χ0v) is 11.4. The molecule has 1 aromatic heterocycles. The van der Waals surface area contributed by atoms with Gasteiger partial charge in [0.25, 0.3) is 5.91 Å². The Hall–Kier alpha value is -1.29. The molecule has 1 N–H and O–H groups in total. The Bertz CT molecular complexity index is 412. The summed E-state index contributed by atoms with van der Waals surface area (Å²) < 4.78 is 7.34. The number of ether oxygens (including phenoxy) is 1. The second kappa shape index (κ2) is 5.14. The lowest BCUT2D eigenvalue weighted by Crippen LogP contribution is -2.29. The minimum absolute atomic E-state index is 0.00454. The van der Waals surface area contributed by atoms with E-state index in [9.17, 15) is 4.79 Å². The molecule has 0 aliphatic carbocycles. The zero-order valence-electron chi connectivity index (χ0n) is 11.4. The minimum atomic E-state index is 0.00454. The van der Waals surface area contributed by atoms with Crippen molar-refractivity contribution in [2.75, 3.05) is 19.8 Å². The SMILES string of the molecule is CC(C)(C)n1ccc(C(=O)NCC2CCOC2)c1. The third-order valence-corrected chi connectivity index (χ3v) is 3.30. The topological polar surface area (TPSA) is 43.3 Å². The van der Waals surface area contributed by atoms with Gasteiger partial charge in [0.1, 0.15) is 0 Å². The van der Waals surface area contributed by atoms with Crippen LogP contribution in [-0.2, 0) is 10.3 Å². The highest BCUT2D eigenvalue weighted by Gasteiger charge is 2.18. The molecule has 100 valence electrons. The van der Waals surface area contributed by atoms with E-state index in [4.69, 9.17) is 4.74 Å². The molecule has 1 saturated heterocycles. The maximum atomic E-state index is 12.0. The molecule has 1 aromatic rings. The quantitative estimate of drug-likeness (QED) is 0.891. The summed E-state index contributed by atoms with van der Waals surface area (Å²) in [7, 11) is 0. The van der Waals surface area contributed by atoms with E-state index in [1.54, 1.807) is 0 Å². The summed E-state index contributed by atoms with van der Waals surface area (Å²) in [6.45, 7) is 8.64. The molecule has 2 heterocycles. The van der Waals surface area contributed by atoms with E-state index in [1.807, 2.05) is 18.5 Å². The van der Waals surface area contributed by atoms with Gasteiger partial charge in [0.05, 0.1) is 12.2 Å². The molecule has 0 aromatic carbocycles. The molecule has 1 unspecified atom stereocenters. The monoisotopic (exact) mass is 250 g/mol. The van der Waals surface area contributed by atoms with Gasteiger partial charge in [-0.1, -0.05) is 0 Å². The van der Waals surface area contributed by atoms with Crippen LogP contribution in [-0.4, -0.2) is 30.2 Å². The predicted octanol–water partition coefficient (Wildman–Crippen LogP) is 2.01. The van der Waals surface area contributed by atoms with Gasteiger partial charge in [-0.3, -0.25) is 4.79 Å². The number of rotatable bonds is 3. The second-order valence-corrected chi connectivity index (χ2v) is 5.92. The van der Waals surface area contributed by atoms with Crippen LogP contribution in [0.15, 0.2) is 18.5 Å². The van der Waals surface area contributed by atoms with Crippen LogP contribution in [0, 0.1) is 5.92 Å². The maximum absolute atomic E-state index is 12.0. The van der Waals surface area contributed by atoms with E-state index in [0.717, 1.165) is 25.2 Å². The molecule has 1 atom stereocenters. The Morgan fingerprint density at radius 1 is 1.56 bits per heavy atom. The summed E-state index contributed by atoms with van der Waals surface area (Å²) in [5, 5.41) is 2.97. The standard InChI is InChI=1S/C14H22N2O2/c1-14(2,3)16-6-4-12(9-16)13(17)15-8-11-5-7-18-10-11/h4,6,9,11H,5,7-8,10H2,1-3H3,(H,15,17). The Morgan fingerprint density at radius 3 is 2.89 bits per heavy atom. The van der Waals surface area contributed by atoms with Crippen LogP contribution in [0.1, 0.15) is 37.6 Å². The number of amides is 1. The van der Waals surface area contributed by atoms with Crippen molar-refractivity contribution in [3.05, 3.63) is 24.0 Å². The normalized spacial score (nSPS) is 20.1. The van der Waals surface area contributed by atoms with Gasteiger partial charge in [-0.25, -0.2) is 0 Å². The summed E-state index contributed by atoms with van der Waals surface area (Å²) in [5.41, 5.74) is 0.738. The van der Waals surface area contributed by atoms with Gasteiger partial charge >= 0.3 is 0 Å². The average molecular weight is 250 g/mol. The highest BCUT2D eigenvalue weighted by atomic mass is 16.5. The molecule has 18 heavy (non-hydrogen) atoms. The molecule has 1 aliphatic heterocycles. The van der Waals surface area contributed by atoms with Crippen LogP contribution in [0.4, 0.5) is 0 Å². The van der Waals surface area contributed by atoms with Crippen molar-refractivity contribution in [1.82, 2.24) is 9.88 Å². The van der Waals surface area contributed by atoms with Gasteiger partial charge in [0.2, 0.25) is 0 Å². The Labute approximate surface area is 108 Å². The van der Waals surface area contributed by atoms with Crippen molar-refractivity contribution < 1.29 is 9.53 Å². The van der Waals surface area contributed by atoms with Crippen LogP contribution in [0.5, 0.6) is 0 Å². The predicted molar refractivity (Wildman–Crippen MR) is 70.7 cm³/mol. The molecule has 0 bridgehead atoms. The van der Waals surface area contributed by atoms with E-state index < -0.39 is 0 Å². The van der Waals surface area contributed by atoms with Crippen LogP contribution < -0.4 is 5.32 Å². The van der Waals surface area contributed by atoms with E-state index in [1.165, 1.54) is 0 Å². The fraction of sp³-hybridized carbons (Fsp3) is 0.643. The fourth-order valence-corrected chi connectivity index (χ4v) is 2.03. The lowest BCUT2D eigenvalue weighted by atomic mass is 10.1. The molecule has 2 rings (SSSR count). The molecule has 0 saturated carbocycles. The van der Waals surface area contributed by atoms with Crippen LogP contribution in [0.3, 0.4) is 0 Å². The van der Waals surface area contributed by atoms with E-state index >= 15 is 0 Å². The number of carbonyl (C=O) groups excluding carboxylic acids is 1. The van der Waals surface area contributed by atoms with Gasteiger partial charge < -0.3 is 14.6 Å². The number of nitrogens with zero attached hydrogens (tertiary/aromatic N) is 1. The first-order valence-electron chi connectivity index (χ1n) is 6.51. The van der Waals surface area contributed by atoms with Gasteiger partial charge in [0, 0.05) is 37.0 Å². The number of carbonyl (C=O) groups is 1. The van der Waals surface area contributed by atoms with Crippen molar-refractivity contribution in [3.8, 4) is 0 Å². The molecular weight excluding hydrogens is 228 g/mol. The molecule has 0 spiro atoms. The molecule has 1 aliphatic rings. The summed E-state index contributed by atoms with van der Waals surface area (Å²) in [6, 6.07) is 1.87. The van der Waals surface area contributed by atoms with Crippen molar-refractivity contribution in [1.29, 1.82) is 0 Å². The fourth-order valence-electron chi connectivity index (χ4n) is 2.03. The number of hydrogen-bond donors (Lipinski definition) is 1. The lowest BCUT2D eigenvalue weighted by Gasteiger charge is -2.20. The number of hydrogen-bond acceptors (Lipinski definition) is 2. The highest BCUT2D eigenvalue weighted by Crippen LogP contribution is 2.16. The van der Waals surface area contributed by atoms with Crippen molar-refractivity contribution in [3.63, 3.8) is 0 Å². The summed E-state index contributed by atoms with van der Waals surface area (Å²) in [4.78, 5) is 12.0. The summed E-state index contributed by atoms with van der Waals surface area (Å²) in [6.07, 6.45) is 4.90.